The fraction of sp³-hybridized carbons (Fsp3) is 0.846. The molecule has 0 spiro atoms. The Morgan fingerprint density at radius 2 is 2.10 bits per heavy atom. The van der Waals surface area contributed by atoms with Crippen molar-refractivity contribution in [2.75, 3.05) is 32.8 Å². The van der Waals surface area contributed by atoms with Crippen molar-refractivity contribution in [1.29, 1.82) is 0 Å². The Morgan fingerprint density at radius 3 is 2.65 bits per heavy atom. The lowest BCUT2D eigenvalue weighted by atomic mass is 10.1. The molecule has 2 amide bonds. The Morgan fingerprint density at radius 1 is 1.40 bits per heavy atom. The minimum atomic E-state index is -0.409. The molecule has 2 N–H and O–H groups in total. The van der Waals surface area contributed by atoms with Crippen LogP contribution >= 0.6 is 12.4 Å². The van der Waals surface area contributed by atoms with E-state index in [0.717, 1.165) is 19.4 Å². The van der Waals surface area contributed by atoms with Crippen LogP contribution in [0, 0.1) is 0 Å². The summed E-state index contributed by atoms with van der Waals surface area (Å²) in [5.74, 6) is -0.0388. The maximum absolute atomic E-state index is 12.3. The summed E-state index contributed by atoms with van der Waals surface area (Å²) in [7, 11) is 0. The van der Waals surface area contributed by atoms with Gasteiger partial charge in [-0.2, -0.15) is 0 Å². The standard InChI is InChI=1S/C13H23N3O3.ClH/c1-2-10(13(18)16-6-8-19-9-7-16)15-12(17)11-4-3-5-14-11;/h10-11,14H,2-9H2,1H3,(H,15,17);1H. The second kappa shape index (κ2) is 8.44. The molecule has 7 heteroatoms. The zero-order valence-electron chi connectivity index (χ0n) is 11.9. The Bertz CT molecular complexity index is 329. The zero-order chi connectivity index (χ0) is 13.7. The molecular weight excluding hydrogens is 282 g/mol. The highest BCUT2D eigenvalue weighted by atomic mass is 35.5. The quantitative estimate of drug-likeness (QED) is 0.762. The van der Waals surface area contributed by atoms with Gasteiger partial charge in [0.05, 0.1) is 19.3 Å². The van der Waals surface area contributed by atoms with Crippen LogP contribution in [0.4, 0.5) is 0 Å². The van der Waals surface area contributed by atoms with Gasteiger partial charge in [0, 0.05) is 13.1 Å². The first-order valence-corrected chi connectivity index (χ1v) is 7.12. The number of ether oxygens (including phenoxy) is 1. The molecule has 2 saturated heterocycles. The fourth-order valence-electron chi connectivity index (χ4n) is 2.52. The predicted molar refractivity (Wildman–Crippen MR) is 77.9 cm³/mol. The molecule has 0 aromatic rings. The highest BCUT2D eigenvalue weighted by Gasteiger charge is 2.29. The number of morpholine rings is 1. The first-order valence-electron chi connectivity index (χ1n) is 7.12. The molecule has 0 radical (unpaired) electrons. The van der Waals surface area contributed by atoms with E-state index in [4.69, 9.17) is 4.74 Å². The lowest BCUT2D eigenvalue weighted by Crippen LogP contribution is -2.54. The summed E-state index contributed by atoms with van der Waals surface area (Å²) in [4.78, 5) is 26.1. The van der Waals surface area contributed by atoms with Crippen LogP contribution in [0.3, 0.4) is 0 Å². The van der Waals surface area contributed by atoms with Crippen molar-refractivity contribution in [2.45, 2.75) is 38.3 Å². The number of hydrogen-bond acceptors (Lipinski definition) is 4. The van der Waals surface area contributed by atoms with E-state index in [9.17, 15) is 9.59 Å². The molecule has 2 fully saturated rings. The molecule has 2 heterocycles. The van der Waals surface area contributed by atoms with E-state index in [1.54, 1.807) is 4.90 Å². The summed E-state index contributed by atoms with van der Waals surface area (Å²) < 4.78 is 5.23. The van der Waals surface area contributed by atoms with Gasteiger partial charge in [0.1, 0.15) is 6.04 Å². The van der Waals surface area contributed by atoms with Gasteiger partial charge in [-0.15, -0.1) is 12.4 Å². The van der Waals surface area contributed by atoms with E-state index in [0.29, 0.717) is 32.7 Å². The van der Waals surface area contributed by atoms with E-state index in [1.807, 2.05) is 6.92 Å². The summed E-state index contributed by atoms with van der Waals surface area (Å²) in [6, 6.07) is -0.542. The smallest absolute Gasteiger partial charge is 0.245 e. The van der Waals surface area contributed by atoms with Crippen molar-refractivity contribution in [1.82, 2.24) is 15.5 Å². The van der Waals surface area contributed by atoms with Crippen molar-refractivity contribution >= 4 is 24.2 Å². The summed E-state index contributed by atoms with van der Waals surface area (Å²) in [5.41, 5.74) is 0. The number of rotatable bonds is 4. The molecular formula is C13H24ClN3O3. The van der Waals surface area contributed by atoms with Gasteiger partial charge in [0.25, 0.3) is 0 Å². The number of nitrogens with zero attached hydrogens (tertiary/aromatic N) is 1. The topological polar surface area (TPSA) is 70.7 Å². The molecule has 0 aromatic carbocycles. The van der Waals surface area contributed by atoms with Crippen LogP contribution in [-0.2, 0) is 14.3 Å². The summed E-state index contributed by atoms with van der Waals surface area (Å²) in [6.07, 6.45) is 2.49. The Kier molecular flexibility index (Phi) is 7.26. The van der Waals surface area contributed by atoms with Gasteiger partial charge in [-0.25, -0.2) is 0 Å². The van der Waals surface area contributed by atoms with E-state index < -0.39 is 6.04 Å². The van der Waals surface area contributed by atoms with Gasteiger partial charge in [0.15, 0.2) is 0 Å². The number of amides is 2. The SMILES string of the molecule is CCC(NC(=O)C1CCCN1)C(=O)N1CCOCC1.Cl. The molecule has 2 unspecified atom stereocenters. The number of carbonyl (C=O) groups is 2. The molecule has 116 valence electrons. The third kappa shape index (κ3) is 4.33. The average Bonchev–Trinajstić information content (AvgIpc) is 2.99. The van der Waals surface area contributed by atoms with E-state index in [1.165, 1.54) is 0 Å². The van der Waals surface area contributed by atoms with Crippen molar-refractivity contribution in [2.24, 2.45) is 0 Å². The molecule has 2 atom stereocenters. The second-order valence-electron chi connectivity index (χ2n) is 5.06. The normalized spacial score (nSPS) is 23.9. The van der Waals surface area contributed by atoms with Crippen LogP contribution in [0.15, 0.2) is 0 Å². The number of carbonyl (C=O) groups excluding carboxylic acids is 2. The third-order valence-corrected chi connectivity index (χ3v) is 3.72. The van der Waals surface area contributed by atoms with Crippen molar-refractivity contribution < 1.29 is 14.3 Å². The molecule has 2 rings (SSSR count). The average molecular weight is 306 g/mol. The van der Waals surface area contributed by atoms with E-state index >= 15 is 0 Å². The highest BCUT2D eigenvalue weighted by Crippen LogP contribution is 2.07. The molecule has 0 bridgehead atoms. The number of nitrogens with one attached hydrogen (secondary N) is 2. The third-order valence-electron chi connectivity index (χ3n) is 3.72. The van der Waals surface area contributed by atoms with Crippen LogP contribution in [0.25, 0.3) is 0 Å². The fourth-order valence-corrected chi connectivity index (χ4v) is 2.52. The summed E-state index contributed by atoms with van der Waals surface area (Å²) in [6.45, 7) is 5.21. The van der Waals surface area contributed by atoms with Crippen molar-refractivity contribution in [3.8, 4) is 0 Å². The van der Waals surface area contributed by atoms with Crippen LogP contribution < -0.4 is 10.6 Å². The molecule has 0 aliphatic carbocycles. The van der Waals surface area contributed by atoms with Gasteiger partial charge in [0.2, 0.25) is 11.8 Å². The van der Waals surface area contributed by atoms with E-state index in [2.05, 4.69) is 10.6 Å². The minimum absolute atomic E-state index is 0. The monoisotopic (exact) mass is 305 g/mol. The summed E-state index contributed by atoms with van der Waals surface area (Å²) in [5, 5.41) is 6.02. The lowest BCUT2D eigenvalue weighted by Gasteiger charge is -2.30. The van der Waals surface area contributed by atoms with Gasteiger partial charge in [-0.3, -0.25) is 9.59 Å². The zero-order valence-corrected chi connectivity index (χ0v) is 12.7. The van der Waals surface area contributed by atoms with Crippen molar-refractivity contribution in [3.05, 3.63) is 0 Å². The number of halogens is 1. The Labute approximate surface area is 126 Å². The van der Waals surface area contributed by atoms with Gasteiger partial charge >= 0.3 is 0 Å². The summed E-state index contributed by atoms with van der Waals surface area (Å²) >= 11 is 0. The predicted octanol–water partition coefficient (Wildman–Crippen LogP) is -0.0862. The molecule has 0 saturated carbocycles. The van der Waals surface area contributed by atoms with Crippen molar-refractivity contribution in [3.63, 3.8) is 0 Å². The minimum Gasteiger partial charge on any atom is -0.378 e. The molecule has 20 heavy (non-hydrogen) atoms. The maximum atomic E-state index is 12.3. The first kappa shape index (κ1) is 17.2. The van der Waals surface area contributed by atoms with Gasteiger partial charge in [-0.1, -0.05) is 6.92 Å². The van der Waals surface area contributed by atoms with Crippen LogP contribution in [-0.4, -0.2) is 61.6 Å². The van der Waals surface area contributed by atoms with E-state index in [-0.39, 0.29) is 30.3 Å². The first-order chi connectivity index (χ1) is 9.22. The molecule has 2 aliphatic heterocycles. The largest absolute Gasteiger partial charge is 0.378 e. The molecule has 6 nitrogen and oxygen atoms in total. The molecule has 2 aliphatic rings. The molecule has 0 aromatic heterocycles. The van der Waals surface area contributed by atoms with Crippen LogP contribution in [0.5, 0.6) is 0 Å². The van der Waals surface area contributed by atoms with Gasteiger partial charge < -0.3 is 20.3 Å². The highest BCUT2D eigenvalue weighted by molar-refractivity contribution is 5.90. The second-order valence-corrected chi connectivity index (χ2v) is 5.06. The Hall–Kier alpha value is -0.850. The van der Waals surface area contributed by atoms with Crippen LogP contribution in [0.2, 0.25) is 0 Å². The lowest BCUT2D eigenvalue weighted by molar-refractivity contribution is -0.140. The van der Waals surface area contributed by atoms with Crippen LogP contribution in [0.1, 0.15) is 26.2 Å². The Balaban J connectivity index is 0.00000200. The number of hydrogen-bond donors (Lipinski definition) is 2. The van der Waals surface area contributed by atoms with Gasteiger partial charge in [-0.05, 0) is 25.8 Å². The maximum Gasteiger partial charge on any atom is 0.245 e.